The van der Waals surface area contributed by atoms with Crippen LogP contribution in [0.3, 0.4) is 0 Å². The first kappa shape index (κ1) is 20.5. The molecular formula is C22H29N3O2. The minimum Gasteiger partial charge on any atom is -0.465 e. The van der Waals surface area contributed by atoms with E-state index >= 15 is 0 Å². The van der Waals surface area contributed by atoms with E-state index in [1.807, 2.05) is 32.1 Å². The number of nitrogens with zero attached hydrogens (tertiary/aromatic N) is 2. The van der Waals surface area contributed by atoms with Crippen LogP contribution in [0.2, 0.25) is 0 Å². The minimum absolute atomic E-state index is 0.359. The molecule has 0 saturated heterocycles. The first-order valence-electron chi connectivity index (χ1n) is 9.29. The van der Waals surface area contributed by atoms with Gasteiger partial charge in [0, 0.05) is 18.4 Å². The average molecular weight is 367 g/mol. The van der Waals surface area contributed by atoms with Crippen molar-refractivity contribution in [2.24, 2.45) is 0 Å². The van der Waals surface area contributed by atoms with E-state index in [1.165, 1.54) is 23.8 Å². The fourth-order valence-corrected chi connectivity index (χ4v) is 3.04. The van der Waals surface area contributed by atoms with Crippen molar-refractivity contribution in [1.82, 2.24) is 9.38 Å². The molecule has 144 valence electrons. The maximum Gasteiger partial charge on any atom is 0.339 e. The Morgan fingerprint density at radius 1 is 1.15 bits per heavy atom. The van der Waals surface area contributed by atoms with E-state index in [4.69, 9.17) is 4.74 Å². The number of methoxy groups -OCH3 is 1. The molecule has 0 unspecified atom stereocenters. The molecule has 0 atom stereocenters. The van der Waals surface area contributed by atoms with Gasteiger partial charge in [0.25, 0.3) is 0 Å². The SMILES string of the molecule is CC.COC(=O)c1cc(NCc2c(C)cccc2C)c2nc(C)c(C)n2c1. The molecule has 0 spiro atoms. The first-order valence-corrected chi connectivity index (χ1v) is 9.29. The fourth-order valence-electron chi connectivity index (χ4n) is 3.04. The highest BCUT2D eigenvalue weighted by molar-refractivity contribution is 5.91. The number of nitrogens with one attached hydrogen (secondary N) is 1. The van der Waals surface area contributed by atoms with Crippen molar-refractivity contribution in [3.63, 3.8) is 0 Å². The number of fused-ring (bicyclic) bond motifs is 1. The normalized spacial score (nSPS) is 10.3. The van der Waals surface area contributed by atoms with Crippen molar-refractivity contribution in [2.45, 2.75) is 48.1 Å². The second kappa shape index (κ2) is 8.71. The lowest BCUT2D eigenvalue weighted by atomic mass is 10.0. The number of hydrogen-bond donors (Lipinski definition) is 1. The van der Waals surface area contributed by atoms with Crippen molar-refractivity contribution in [1.29, 1.82) is 0 Å². The van der Waals surface area contributed by atoms with E-state index in [-0.39, 0.29) is 5.97 Å². The van der Waals surface area contributed by atoms with E-state index in [2.05, 4.69) is 42.3 Å². The van der Waals surface area contributed by atoms with Gasteiger partial charge in [-0.3, -0.25) is 0 Å². The van der Waals surface area contributed by atoms with Gasteiger partial charge in [-0.25, -0.2) is 9.78 Å². The molecule has 1 N–H and O–H groups in total. The lowest BCUT2D eigenvalue weighted by Gasteiger charge is -2.14. The summed E-state index contributed by atoms with van der Waals surface area (Å²) in [4.78, 5) is 16.7. The molecule has 3 rings (SSSR count). The topological polar surface area (TPSA) is 55.6 Å². The smallest absolute Gasteiger partial charge is 0.339 e. The molecule has 0 aliphatic heterocycles. The van der Waals surface area contributed by atoms with Gasteiger partial charge in [0.1, 0.15) is 0 Å². The third-order valence-corrected chi connectivity index (χ3v) is 4.72. The molecule has 0 saturated carbocycles. The Morgan fingerprint density at radius 2 is 1.78 bits per heavy atom. The molecule has 0 aliphatic carbocycles. The van der Waals surface area contributed by atoms with Gasteiger partial charge in [-0.2, -0.15) is 0 Å². The van der Waals surface area contributed by atoms with Crippen molar-refractivity contribution in [3.05, 3.63) is 64.1 Å². The number of aromatic nitrogens is 2. The number of aryl methyl sites for hydroxylation is 4. The van der Waals surface area contributed by atoms with E-state index in [1.54, 1.807) is 12.3 Å². The van der Waals surface area contributed by atoms with Crippen LogP contribution in [0.4, 0.5) is 5.69 Å². The third-order valence-electron chi connectivity index (χ3n) is 4.72. The summed E-state index contributed by atoms with van der Waals surface area (Å²) >= 11 is 0. The Bertz CT molecular complexity index is 938. The van der Waals surface area contributed by atoms with Crippen LogP contribution in [0.25, 0.3) is 5.65 Å². The van der Waals surface area contributed by atoms with Gasteiger partial charge < -0.3 is 14.5 Å². The zero-order valence-electron chi connectivity index (χ0n) is 17.3. The number of carbonyl (C=O) groups is 1. The molecular weight excluding hydrogens is 338 g/mol. The second-order valence-electron chi connectivity index (χ2n) is 6.33. The number of ether oxygens (including phenoxy) is 1. The van der Waals surface area contributed by atoms with Gasteiger partial charge in [0.05, 0.1) is 24.1 Å². The zero-order valence-corrected chi connectivity index (χ0v) is 17.3. The number of anilines is 1. The first-order chi connectivity index (χ1) is 12.9. The van der Waals surface area contributed by atoms with Crippen molar-refractivity contribution < 1.29 is 9.53 Å². The summed E-state index contributed by atoms with van der Waals surface area (Å²) in [5.74, 6) is -0.359. The standard InChI is InChI=1S/C20H23N3O2.C2H6/c1-12-7-6-8-13(2)17(12)10-21-18-9-16(20(24)25-5)11-23-15(4)14(3)22-19(18)23;1-2/h6-9,11,21H,10H2,1-5H3;1-2H3. The molecule has 2 aromatic heterocycles. The summed E-state index contributed by atoms with van der Waals surface area (Å²) in [6.45, 7) is 12.8. The lowest BCUT2D eigenvalue weighted by Crippen LogP contribution is -2.09. The number of imidazole rings is 1. The summed E-state index contributed by atoms with van der Waals surface area (Å²) in [7, 11) is 1.39. The molecule has 1 aromatic carbocycles. The van der Waals surface area contributed by atoms with Gasteiger partial charge in [-0.1, -0.05) is 32.0 Å². The van der Waals surface area contributed by atoms with Gasteiger partial charge in [0.2, 0.25) is 0 Å². The molecule has 0 bridgehead atoms. The highest BCUT2D eigenvalue weighted by Gasteiger charge is 2.15. The van der Waals surface area contributed by atoms with Crippen molar-refractivity contribution in [3.8, 4) is 0 Å². The van der Waals surface area contributed by atoms with Gasteiger partial charge in [-0.15, -0.1) is 0 Å². The number of esters is 1. The van der Waals surface area contributed by atoms with Crippen LogP contribution in [0.5, 0.6) is 0 Å². The second-order valence-corrected chi connectivity index (χ2v) is 6.33. The predicted molar refractivity (Wildman–Crippen MR) is 111 cm³/mol. The summed E-state index contributed by atoms with van der Waals surface area (Å²) < 4.78 is 6.83. The summed E-state index contributed by atoms with van der Waals surface area (Å²) in [6.07, 6.45) is 1.78. The van der Waals surface area contributed by atoms with E-state index in [0.717, 1.165) is 22.7 Å². The van der Waals surface area contributed by atoms with Crippen LogP contribution in [-0.2, 0) is 11.3 Å². The molecule has 0 fully saturated rings. The lowest BCUT2D eigenvalue weighted by molar-refractivity contribution is 0.0600. The molecule has 0 amide bonds. The molecule has 27 heavy (non-hydrogen) atoms. The minimum atomic E-state index is -0.359. The van der Waals surface area contributed by atoms with Crippen molar-refractivity contribution >= 4 is 17.3 Å². The van der Waals surface area contributed by atoms with Crippen LogP contribution < -0.4 is 5.32 Å². The summed E-state index contributed by atoms with van der Waals surface area (Å²) in [5, 5.41) is 3.45. The van der Waals surface area contributed by atoms with E-state index in [9.17, 15) is 4.79 Å². The third kappa shape index (κ3) is 4.13. The van der Waals surface area contributed by atoms with E-state index < -0.39 is 0 Å². The Hall–Kier alpha value is -2.82. The van der Waals surface area contributed by atoms with Crippen LogP contribution in [0.15, 0.2) is 30.5 Å². The van der Waals surface area contributed by atoms with Gasteiger partial charge in [-0.05, 0) is 50.5 Å². The Balaban J connectivity index is 0.00000126. The largest absolute Gasteiger partial charge is 0.465 e. The molecule has 0 aliphatic rings. The fraction of sp³-hybridized carbons (Fsp3) is 0.364. The average Bonchev–Trinajstić information content (AvgIpc) is 2.96. The molecule has 0 radical (unpaired) electrons. The number of hydrogen-bond acceptors (Lipinski definition) is 4. The summed E-state index contributed by atoms with van der Waals surface area (Å²) in [6, 6.07) is 8.08. The Labute approximate surface area is 161 Å². The maximum atomic E-state index is 12.0. The van der Waals surface area contributed by atoms with Crippen LogP contribution in [-0.4, -0.2) is 22.5 Å². The highest BCUT2D eigenvalue weighted by atomic mass is 16.5. The zero-order chi connectivity index (χ0) is 20.1. The number of pyridine rings is 1. The highest BCUT2D eigenvalue weighted by Crippen LogP contribution is 2.24. The number of carbonyl (C=O) groups excluding carboxylic acids is 1. The Morgan fingerprint density at radius 3 is 2.37 bits per heavy atom. The molecule has 3 aromatic rings. The van der Waals surface area contributed by atoms with Gasteiger partial charge in [0.15, 0.2) is 5.65 Å². The summed E-state index contributed by atoms with van der Waals surface area (Å²) in [5.41, 5.74) is 7.82. The monoisotopic (exact) mass is 367 g/mol. The number of benzene rings is 1. The van der Waals surface area contributed by atoms with Crippen LogP contribution in [0, 0.1) is 27.7 Å². The van der Waals surface area contributed by atoms with Crippen molar-refractivity contribution in [2.75, 3.05) is 12.4 Å². The van der Waals surface area contributed by atoms with E-state index in [0.29, 0.717) is 12.1 Å². The number of rotatable bonds is 4. The predicted octanol–water partition coefficient (Wildman–Crippen LogP) is 4.99. The van der Waals surface area contributed by atoms with Crippen LogP contribution in [0.1, 0.15) is 52.3 Å². The van der Waals surface area contributed by atoms with Gasteiger partial charge >= 0.3 is 5.97 Å². The molecule has 5 nitrogen and oxygen atoms in total. The van der Waals surface area contributed by atoms with Crippen LogP contribution >= 0.6 is 0 Å². The Kier molecular flexibility index (Phi) is 6.61. The molecule has 5 heteroatoms. The quantitative estimate of drug-likeness (QED) is 0.660. The molecule has 2 heterocycles. The maximum absolute atomic E-state index is 12.0.